The fourth-order valence-electron chi connectivity index (χ4n) is 2.68. The summed E-state index contributed by atoms with van der Waals surface area (Å²) >= 11 is 6.03. The average Bonchev–Trinajstić information content (AvgIpc) is 2.68. The van der Waals surface area contributed by atoms with Crippen molar-refractivity contribution in [3.63, 3.8) is 0 Å². The van der Waals surface area contributed by atoms with E-state index in [0.29, 0.717) is 22.5 Å². The lowest BCUT2D eigenvalue weighted by molar-refractivity contribution is 0.251. The normalized spacial score (nSPS) is 14.0. The molecule has 1 fully saturated rings. The van der Waals surface area contributed by atoms with Gasteiger partial charge in [0, 0.05) is 13.1 Å². The van der Waals surface area contributed by atoms with Gasteiger partial charge in [-0.25, -0.2) is 4.79 Å². The third-order valence-electron chi connectivity index (χ3n) is 4.00. The van der Waals surface area contributed by atoms with Crippen molar-refractivity contribution in [2.24, 2.45) is 0 Å². The van der Waals surface area contributed by atoms with Crippen LogP contribution in [0, 0.1) is 0 Å². The summed E-state index contributed by atoms with van der Waals surface area (Å²) in [4.78, 5) is 27.2. The predicted octanol–water partition coefficient (Wildman–Crippen LogP) is 2.85. The number of ether oxygens (including phenoxy) is 1. The second-order valence-electron chi connectivity index (χ2n) is 5.87. The Morgan fingerprint density at radius 1 is 1.19 bits per heavy atom. The van der Waals surface area contributed by atoms with E-state index in [2.05, 4.69) is 30.5 Å². The number of methoxy groups -OCH3 is 1. The molecule has 1 aliphatic rings. The molecule has 9 heteroatoms. The number of carbonyl (C=O) groups excluding carboxylic acids is 1. The zero-order valence-electron chi connectivity index (χ0n) is 14.5. The van der Waals surface area contributed by atoms with Crippen LogP contribution in [-0.4, -0.2) is 41.2 Å². The minimum absolute atomic E-state index is 0.149. The highest BCUT2D eigenvalue weighted by Gasteiger charge is 2.17. The van der Waals surface area contributed by atoms with Gasteiger partial charge in [-0.3, -0.25) is 0 Å². The molecule has 1 aromatic heterocycles. The molecule has 1 aromatic carbocycles. The van der Waals surface area contributed by atoms with Gasteiger partial charge in [0.1, 0.15) is 0 Å². The maximum absolute atomic E-state index is 12.1. The number of anilines is 2. The standard InChI is InChI=1S/C17H21ClN6O2/c1-26-17-22-14(21-15(23-17)24-9-5-2-6-10-24)11-19-16(25)20-13-8-4-3-7-12(13)18/h3-4,7-8H,2,5-6,9-11H2,1H3,(H2,19,20,25). The van der Waals surface area contributed by atoms with Crippen molar-refractivity contribution in [3.05, 3.63) is 35.1 Å². The van der Waals surface area contributed by atoms with E-state index >= 15 is 0 Å². The fraction of sp³-hybridized carbons (Fsp3) is 0.412. The van der Waals surface area contributed by atoms with Crippen LogP contribution in [0.2, 0.25) is 5.02 Å². The van der Waals surface area contributed by atoms with Crippen molar-refractivity contribution in [1.82, 2.24) is 20.3 Å². The van der Waals surface area contributed by atoms with Crippen molar-refractivity contribution >= 4 is 29.3 Å². The molecule has 0 bridgehead atoms. The molecule has 2 heterocycles. The van der Waals surface area contributed by atoms with Gasteiger partial charge < -0.3 is 20.3 Å². The van der Waals surface area contributed by atoms with E-state index < -0.39 is 6.03 Å². The number of amides is 2. The topological polar surface area (TPSA) is 92.3 Å². The molecular weight excluding hydrogens is 356 g/mol. The average molecular weight is 377 g/mol. The number of urea groups is 1. The molecule has 8 nitrogen and oxygen atoms in total. The quantitative estimate of drug-likeness (QED) is 0.833. The van der Waals surface area contributed by atoms with Crippen molar-refractivity contribution in [2.75, 3.05) is 30.4 Å². The van der Waals surface area contributed by atoms with Crippen LogP contribution in [-0.2, 0) is 6.54 Å². The molecule has 1 saturated heterocycles. The first-order valence-electron chi connectivity index (χ1n) is 8.49. The first-order valence-corrected chi connectivity index (χ1v) is 8.87. The van der Waals surface area contributed by atoms with Gasteiger partial charge >= 0.3 is 12.0 Å². The monoisotopic (exact) mass is 376 g/mol. The summed E-state index contributed by atoms with van der Waals surface area (Å²) in [6.07, 6.45) is 3.44. The van der Waals surface area contributed by atoms with Gasteiger partial charge in [0.25, 0.3) is 0 Å². The Hall–Kier alpha value is -2.61. The number of nitrogens with one attached hydrogen (secondary N) is 2. The Morgan fingerprint density at radius 3 is 2.69 bits per heavy atom. The van der Waals surface area contributed by atoms with E-state index in [9.17, 15) is 4.79 Å². The second-order valence-corrected chi connectivity index (χ2v) is 6.28. The summed E-state index contributed by atoms with van der Waals surface area (Å²) in [6.45, 7) is 1.97. The number of halogens is 1. The Morgan fingerprint density at radius 2 is 1.96 bits per heavy atom. The van der Waals surface area contributed by atoms with E-state index in [-0.39, 0.29) is 12.6 Å². The van der Waals surface area contributed by atoms with E-state index in [1.165, 1.54) is 13.5 Å². The molecule has 0 spiro atoms. The van der Waals surface area contributed by atoms with Gasteiger partial charge in [0.15, 0.2) is 5.82 Å². The van der Waals surface area contributed by atoms with Gasteiger partial charge in [-0.05, 0) is 31.4 Å². The summed E-state index contributed by atoms with van der Waals surface area (Å²) in [6, 6.07) is 6.87. The van der Waals surface area contributed by atoms with Crippen LogP contribution >= 0.6 is 11.6 Å². The van der Waals surface area contributed by atoms with Crippen LogP contribution < -0.4 is 20.3 Å². The Balaban J connectivity index is 1.65. The molecule has 1 aliphatic heterocycles. The lowest BCUT2D eigenvalue weighted by Gasteiger charge is -2.26. The molecule has 2 aromatic rings. The molecule has 2 amide bonds. The van der Waals surface area contributed by atoms with E-state index in [0.717, 1.165) is 25.9 Å². The Kier molecular flexibility index (Phi) is 6.06. The van der Waals surface area contributed by atoms with Gasteiger partial charge in [-0.1, -0.05) is 23.7 Å². The highest BCUT2D eigenvalue weighted by atomic mass is 35.5. The number of benzene rings is 1. The smallest absolute Gasteiger partial charge is 0.321 e. The maximum Gasteiger partial charge on any atom is 0.321 e. The molecule has 0 unspecified atom stereocenters. The number of aromatic nitrogens is 3. The molecule has 0 saturated carbocycles. The molecule has 0 radical (unpaired) electrons. The van der Waals surface area contributed by atoms with E-state index in [1.54, 1.807) is 24.3 Å². The van der Waals surface area contributed by atoms with E-state index in [4.69, 9.17) is 16.3 Å². The van der Waals surface area contributed by atoms with Crippen molar-refractivity contribution in [1.29, 1.82) is 0 Å². The predicted molar refractivity (Wildman–Crippen MR) is 99.8 cm³/mol. The number of hydrogen-bond donors (Lipinski definition) is 2. The van der Waals surface area contributed by atoms with Crippen molar-refractivity contribution in [3.8, 4) is 6.01 Å². The lowest BCUT2D eigenvalue weighted by atomic mass is 10.1. The Labute approximate surface area is 156 Å². The molecule has 0 atom stereocenters. The summed E-state index contributed by atoms with van der Waals surface area (Å²) in [5, 5.41) is 5.88. The number of para-hydroxylation sites is 1. The number of piperidine rings is 1. The molecule has 2 N–H and O–H groups in total. The summed E-state index contributed by atoms with van der Waals surface area (Å²) in [7, 11) is 1.51. The third-order valence-corrected chi connectivity index (χ3v) is 4.33. The fourth-order valence-corrected chi connectivity index (χ4v) is 2.86. The van der Waals surface area contributed by atoms with Crippen LogP contribution in [0.5, 0.6) is 6.01 Å². The van der Waals surface area contributed by atoms with Gasteiger partial charge in [0.2, 0.25) is 5.95 Å². The highest BCUT2D eigenvalue weighted by Crippen LogP contribution is 2.20. The zero-order valence-corrected chi connectivity index (χ0v) is 15.3. The van der Waals surface area contributed by atoms with Crippen LogP contribution in [0.25, 0.3) is 0 Å². The zero-order chi connectivity index (χ0) is 18.4. The summed E-state index contributed by atoms with van der Waals surface area (Å²) < 4.78 is 5.17. The summed E-state index contributed by atoms with van der Waals surface area (Å²) in [5.41, 5.74) is 0.536. The first-order chi connectivity index (χ1) is 12.7. The van der Waals surface area contributed by atoms with Crippen LogP contribution in [0.15, 0.2) is 24.3 Å². The minimum atomic E-state index is -0.392. The second kappa shape index (κ2) is 8.66. The number of rotatable bonds is 5. The largest absolute Gasteiger partial charge is 0.467 e. The van der Waals surface area contributed by atoms with Crippen LogP contribution in [0.1, 0.15) is 25.1 Å². The Bertz CT molecular complexity index is 767. The van der Waals surface area contributed by atoms with E-state index in [1.807, 2.05) is 0 Å². The van der Waals surface area contributed by atoms with Gasteiger partial charge in [-0.2, -0.15) is 15.0 Å². The molecule has 138 valence electrons. The molecular formula is C17H21ClN6O2. The van der Waals surface area contributed by atoms with Gasteiger partial charge in [0.05, 0.1) is 24.4 Å². The lowest BCUT2D eigenvalue weighted by Crippen LogP contribution is -2.32. The maximum atomic E-state index is 12.1. The molecule has 0 aliphatic carbocycles. The molecule has 3 rings (SSSR count). The first kappa shape index (κ1) is 18.2. The van der Waals surface area contributed by atoms with Crippen LogP contribution in [0.4, 0.5) is 16.4 Å². The number of hydrogen-bond acceptors (Lipinski definition) is 6. The molecule has 26 heavy (non-hydrogen) atoms. The van der Waals surface area contributed by atoms with Crippen molar-refractivity contribution < 1.29 is 9.53 Å². The third kappa shape index (κ3) is 4.72. The minimum Gasteiger partial charge on any atom is -0.467 e. The van der Waals surface area contributed by atoms with Gasteiger partial charge in [-0.15, -0.1) is 0 Å². The van der Waals surface area contributed by atoms with Crippen LogP contribution in [0.3, 0.4) is 0 Å². The SMILES string of the molecule is COc1nc(CNC(=O)Nc2ccccc2Cl)nc(N2CCCCC2)n1. The highest BCUT2D eigenvalue weighted by molar-refractivity contribution is 6.33. The number of nitrogens with zero attached hydrogens (tertiary/aromatic N) is 4. The summed E-state index contributed by atoms with van der Waals surface area (Å²) in [5.74, 6) is 1.02. The number of carbonyl (C=O) groups is 1. The van der Waals surface area contributed by atoms with Crippen molar-refractivity contribution in [2.45, 2.75) is 25.8 Å².